The molecule has 1 aromatic carbocycles. The van der Waals surface area contributed by atoms with Gasteiger partial charge in [0.25, 0.3) is 0 Å². The van der Waals surface area contributed by atoms with Gasteiger partial charge in [-0.3, -0.25) is 0 Å². The molecule has 0 aliphatic rings. The van der Waals surface area contributed by atoms with E-state index in [1.807, 2.05) is 19.2 Å². The van der Waals surface area contributed by atoms with Gasteiger partial charge in [-0.25, -0.2) is 4.98 Å². The highest BCUT2D eigenvalue weighted by Gasteiger charge is 2.07. The van der Waals surface area contributed by atoms with Crippen LogP contribution in [0, 0.1) is 5.92 Å². The predicted octanol–water partition coefficient (Wildman–Crippen LogP) is 3.77. The Bertz CT molecular complexity index is 552. The van der Waals surface area contributed by atoms with Gasteiger partial charge in [0.1, 0.15) is 0 Å². The molecule has 0 spiro atoms. The van der Waals surface area contributed by atoms with E-state index in [4.69, 9.17) is 4.74 Å². The average Bonchev–Trinajstić information content (AvgIpc) is 2.43. The minimum Gasteiger partial charge on any atom is -0.477 e. The molecule has 0 amide bonds. The van der Waals surface area contributed by atoms with Crippen molar-refractivity contribution in [2.45, 2.75) is 33.2 Å². The fourth-order valence-corrected chi connectivity index (χ4v) is 2.26. The molecule has 3 nitrogen and oxygen atoms in total. The van der Waals surface area contributed by atoms with Crippen molar-refractivity contribution in [3.8, 4) is 5.88 Å². The number of nitrogens with one attached hydrogen (secondary N) is 1. The third-order valence-corrected chi connectivity index (χ3v) is 3.28. The fourth-order valence-electron chi connectivity index (χ4n) is 2.26. The summed E-state index contributed by atoms with van der Waals surface area (Å²) in [6, 6.07) is 10.4. The summed E-state index contributed by atoms with van der Waals surface area (Å²) in [6.45, 7) is 5.97. The zero-order chi connectivity index (χ0) is 14.4. The monoisotopic (exact) mass is 272 g/mol. The molecule has 0 unspecified atom stereocenters. The number of aromatic nitrogens is 1. The molecule has 0 atom stereocenters. The molecule has 0 bridgehead atoms. The molecule has 0 saturated carbocycles. The molecule has 0 saturated heterocycles. The van der Waals surface area contributed by atoms with Crippen LogP contribution in [0.4, 0.5) is 0 Å². The fraction of sp³-hybridized carbons (Fsp3) is 0.471. The van der Waals surface area contributed by atoms with Gasteiger partial charge in [0, 0.05) is 11.9 Å². The van der Waals surface area contributed by atoms with Gasteiger partial charge in [-0.05, 0) is 43.3 Å². The highest BCUT2D eigenvalue weighted by molar-refractivity contribution is 5.87. The number of benzene rings is 1. The molecule has 1 aromatic heterocycles. The van der Waals surface area contributed by atoms with E-state index in [-0.39, 0.29) is 0 Å². The van der Waals surface area contributed by atoms with Crippen LogP contribution in [0.5, 0.6) is 5.88 Å². The number of fused-ring (bicyclic) bond motifs is 1. The third-order valence-electron chi connectivity index (χ3n) is 3.28. The number of nitrogens with zero attached hydrogens (tertiary/aromatic N) is 1. The second-order valence-electron chi connectivity index (χ2n) is 5.55. The van der Waals surface area contributed by atoms with Crippen LogP contribution in [0.25, 0.3) is 10.8 Å². The summed E-state index contributed by atoms with van der Waals surface area (Å²) in [5.74, 6) is 1.48. The normalized spacial score (nSPS) is 11.2. The van der Waals surface area contributed by atoms with Crippen molar-refractivity contribution >= 4 is 10.8 Å². The molecule has 2 rings (SSSR count). The first-order chi connectivity index (χ1) is 9.70. The summed E-state index contributed by atoms with van der Waals surface area (Å²) >= 11 is 0. The maximum absolute atomic E-state index is 5.92. The first-order valence-electron chi connectivity index (χ1n) is 7.36. The van der Waals surface area contributed by atoms with Crippen molar-refractivity contribution in [1.82, 2.24) is 10.3 Å². The average molecular weight is 272 g/mol. The molecule has 3 heteroatoms. The molecule has 20 heavy (non-hydrogen) atoms. The number of hydrogen-bond donors (Lipinski definition) is 1. The lowest BCUT2D eigenvalue weighted by Gasteiger charge is -2.11. The molecular weight excluding hydrogens is 248 g/mol. The third kappa shape index (κ3) is 3.94. The van der Waals surface area contributed by atoms with Crippen molar-refractivity contribution in [2.24, 2.45) is 5.92 Å². The highest BCUT2D eigenvalue weighted by Crippen LogP contribution is 2.24. The van der Waals surface area contributed by atoms with E-state index in [0.717, 1.165) is 42.5 Å². The Morgan fingerprint density at radius 2 is 2.05 bits per heavy atom. The quantitative estimate of drug-likeness (QED) is 0.779. The van der Waals surface area contributed by atoms with Gasteiger partial charge in [0.05, 0.1) is 12.3 Å². The molecule has 0 fully saturated rings. The van der Waals surface area contributed by atoms with E-state index in [2.05, 4.69) is 42.3 Å². The topological polar surface area (TPSA) is 34.1 Å². The van der Waals surface area contributed by atoms with Crippen molar-refractivity contribution in [3.63, 3.8) is 0 Å². The molecule has 0 aliphatic heterocycles. The molecule has 1 N–H and O–H groups in total. The maximum Gasteiger partial charge on any atom is 0.221 e. The summed E-state index contributed by atoms with van der Waals surface area (Å²) in [6.07, 6.45) is 2.26. The summed E-state index contributed by atoms with van der Waals surface area (Å²) in [5, 5.41) is 5.42. The van der Waals surface area contributed by atoms with Crippen LogP contribution in [0.3, 0.4) is 0 Å². The van der Waals surface area contributed by atoms with Crippen molar-refractivity contribution in [2.75, 3.05) is 13.7 Å². The van der Waals surface area contributed by atoms with E-state index < -0.39 is 0 Å². The van der Waals surface area contributed by atoms with Crippen LogP contribution < -0.4 is 10.1 Å². The summed E-state index contributed by atoms with van der Waals surface area (Å²) in [5.41, 5.74) is 1.02. The van der Waals surface area contributed by atoms with Crippen LogP contribution >= 0.6 is 0 Å². The molecule has 1 heterocycles. The number of hydrogen-bond acceptors (Lipinski definition) is 3. The predicted molar refractivity (Wildman–Crippen MR) is 84.1 cm³/mol. The minimum absolute atomic E-state index is 0.721. The van der Waals surface area contributed by atoms with Crippen molar-refractivity contribution in [1.29, 1.82) is 0 Å². The summed E-state index contributed by atoms with van der Waals surface area (Å²) in [7, 11) is 1.93. The Morgan fingerprint density at radius 3 is 2.80 bits per heavy atom. The zero-order valence-electron chi connectivity index (χ0n) is 12.6. The van der Waals surface area contributed by atoms with E-state index in [0.29, 0.717) is 0 Å². The molecular formula is C17H24N2O. The number of ether oxygens (including phenoxy) is 1. The SMILES string of the molecule is CNCc1cc2ccccc2c(OCCCC(C)C)n1. The summed E-state index contributed by atoms with van der Waals surface area (Å²) in [4.78, 5) is 4.62. The van der Waals surface area contributed by atoms with Crippen molar-refractivity contribution in [3.05, 3.63) is 36.0 Å². The molecule has 2 aromatic rings. The molecule has 0 aliphatic carbocycles. The van der Waals surface area contributed by atoms with E-state index in [1.165, 1.54) is 11.8 Å². The largest absolute Gasteiger partial charge is 0.477 e. The lowest BCUT2D eigenvalue weighted by atomic mass is 10.1. The first-order valence-corrected chi connectivity index (χ1v) is 7.36. The van der Waals surface area contributed by atoms with E-state index in [9.17, 15) is 0 Å². The first kappa shape index (κ1) is 14.8. The van der Waals surface area contributed by atoms with Crippen molar-refractivity contribution < 1.29 is 4.74 Å². The van der Waals surface area contributed by atoms with E-state index in [1.54, 1.807) is 0 Å². The Labute approximate surface area is 121 Å². The van der Waals surface area contributed by atoms with Crippen LogP contribution in [0.15, 0.2) is 30.3 Å². The second-order valence-corrected chi connectivity index (χ2v) is 5.55. The van der Waals surface area contributed by atoms with Gasteiger partial charge >= 0.3 is 0 Å². The van der Waals surface area contributed by atoms with Crippen LogP contribution in [0.2, 0.25) is 0 Å². The standard InChI is InChI=1S/C17H24N2O/c1-13(2)7-6-10-20-17-16-9-5-4-8-14(16)11-15(19-17)12-18-3/h4-5,8-9,11,13,18H,6-7,10,12H2,1-3H3. The van der Waals surface area contributed by atoms with E-state index >= 15 is 0 Å². The van der Waals surface area contributed by atoms with Crippen LogP contribution in [-0.2, 0) is 6.54 Å². The lowest BCUT2D eigenvalue weighted by molar-refractivity contribution is 0.290. The Morgan fingerprint density at radius 1 is 1.25 bits per heavy atom. The molecule has 108 valence electrons. The van der Waals surface area contributed by atoms with Crippen LogP contribution in [-0.4, -0.2) is 18.6 Å². The van der Waals surface area contributed by atoms with Crippen LogP contribution in [0.1, 0.15) is 32.4 Å². The second kappa shape index (κ2) is 7.25. The zero-order valence-corrected chi connectivity index (χ0v) is 12.6. The van der Waals surface area contributed by atoms with Gasteiger partial charge in [0.2, 0.25) is 5.88 Å². The minimum atomic E-state index is 0.721. The lowest BCUT2D eigenvalue weighted by Crippen LogP contribution is -2.08. The number of rotatable bonds is 7. The van der Waals surface area contributed by atoms with Gasteiger partial charge in [-0.15, -0.1) is 0 Å². The Balaban J connectivity index is 2.16. The maximum atomic E-state index is 5.92. The molecule has 0 radical (unpaired) electrons. The smallest absolute Gasteiger partial charge is 0.221 e. The Hall–Kier alpha value is -1.61. The Kier molecular flexibility index (Phi) is 5.36. The van der Waals surface area contributed by atoms with Gasteiger partial charge in [0.15, 0.2) is 0 Å². The van der Waals surface area contributed by atoms with Gasteiger partial charge < -0.3 is 10.1 Å². The number of pyridine rings is 1. The highest BCUT2D eigenvalue weighted by atomic mass is 16.5. The van der Waals surface area contributed by atoms with Gasteiger partial charge in [-0.1, -0.05) is 32.0 Å². The van der Waals surface area contributed by atoms with Gasteiger partial charge in [-0.2, -0.15) is 0 Å². The summed E-state index contributed by atoms with van der Waals surface area (Å²) < 4.78 is 5.92.